The Hall–Kier alpha value is -3.87. The van der Waals surface area contributed by atoms with E-state index in [1.54, 1.807) is 6.07 Å². The summed E-state index contributed by atoms with van der Waals surface area (Å²) in [4.78, 5) is 41.4. The standard InChI is InChI=1S/C28H31N3O4/c1-19-14-15-20(2)23(17-19)31(25(32)18-29-27(33)24-13-8-16-35-24)26(21-9-4-3-5-10-21)28(34)30-22-11-6-7-12-22/h3-5,8-10,13-17,22,26H,6-7,11-12,18H2,1-2H3,(H,29,33)(H,30,34)/t26-/m0/s1. The summed E-state index contributed by atoms with van der Waals surface area (Å²) in [7, 11) is 0. The van der Waals surface area contributed by atoms with Crippen LogP contribution in [-0.2, 0) is 9.59 Å². The van der Waals surface area contributed by atoms with Crippen molar-refractivity contribution < 1.29 is 18.8 Å². The van der Waals surface area contributed by atoms with Crippen molar-refractivity contribution >= 4 is 23.4 Å². The van der Waals surface area contributed by atoms with Crippen LogP contribution in [-0.4, -0.2) is 30.3 Å². The molecular weight excluding hydrogens is 442 g/mol. The van der Waals surface area contributed by atoms with Crippen molar-refractivity contribution in [2.24, 2.45) is 0 Å². The van der Waals surface area contributed by atoms with Crippen LogP contribution in [0.25, 0.3) is 0 Å². The van der Waals surface area contributed by atoms with Gasteiger partial charge in [0.2, 0.25) is 11.8 Å². The zero-order valence-corrected chi connectivity index (χ0v) is 20.1. The van der Waals surface area contributed by atoms with E-state index >= 15 is 0 Å². The maximum Gasteiger partial charge on any atom is 0.287 e. The van der Waals surface area contributed by atoms with Crippen molar-refractivity contribution in [2.45, 2.75) is 51.6 Å². The molecule has 3 aromatic rings. The van der Waals surface area contributed by atoms with Gasteiger partial charge in [-0.1, -0.05) is 55.3 Å². The predicted octanol–water partition coefficient (Wildman–Crippen LogP) is 4.46. The first-order valence-electron chi connectivity index (χ1n) is 12.0. The number of hydrogen-bond acceptors (Lipinski definition) is 4. The minimum Gasteiger partial charge on any atom is -0.459 e. The van der Waals surface area contributed by atoms with Gasteiger partial charge in [-0.2, -0.15) is 0 Å². The lowest BCUT2D eigenvalue weighted by Crippen LogP contribution is -2.49. The van der Waals surface area contributed by atoms with Crippen molar-refractivity contribution in [3.05, 3.63) is 89.4 Å². The highest BCUT2D eigenvalue weighted by atomic mass is 16.3. The van der Waals surface area contributed by atoms with E-state index in [0.29, 0.717) is 11.3 Å². The van der Waals surface area contributed by atoms with Crippen LogP contribution < -0.4 is 15.5 Å². The Morgan fingerprint density at radius 1 is 1.00 bits per heavy atom. The summed E-state index contributed by atoms with van der Waals surface area (Å²) in [5.41, 5.74) is 3.16. The van der Waals surface area contributed by atoms with E-state index in [1.807, 2.05) is 62.4 Å². The molecule has 1 fully saturated rings. The first-order valence-corrected chi connectivity index (χ1v) is 12.0. The van der Waals surface area contributed by atoms with Crippen LogP contribution in [0.3, 0.4) is 0 Å². The predicted molar refractivity (Wildman–Crippen MR) is 134 cm³/mol. The van der Waals surface area contributed by atoms with E-state index in [1.165, 1.54) is 17.2 Å². The van der Waals surface area contributed by atoms with Crippen LogP contribution in [0.15, 0.2) is 71.3 Å². The van der Waals surface area contributed by atoms with Crippen LogP contribution in [0.2, 0.25) is 0 Å². The molecule has 1 aromatic heterocycles. The molecule has 1 aliphatic rings. The fourth-order valence-electron chi connectivity index (χ4n) is 4.54. The molecule has 7 heteroatoms. The van der Waals surface area contributed by atoms with Crippen LogP contribution in [0.1, 0.15) is 59.0 Å². The monoisotopic (exact) mass is 473 g/mol. The van der Waals surface area contributed by atoms with Gasteiger partial charge in [-0.25, -0.2) is 0 Å². The molecule has 0 saturated heterocycles. The number of rotatable bonds is 8. The summed E-state index contributed by atoms with van der Waals surface area (Å²) in [5, 5.41) is 5.80. The molecule has 0 unspecified atom stereocenters. The molecule has 0 radical (unpaired) electrons. The second-order valence-corrected chi connectivity index (χ2v) is 9.02. The highest BCUT2D eigenvalue weighted by Gasteiger charge is 2.35. The van der Waals surface area contributed by atoms with Crippen LogP contribution in [0.4, 0.5) is 5.69 Å². The molecule has 1 atom stereocenters. The van der Waals surface area contributed by atoms with Crippen LogP contribution in [0.5, 0.6) is 0 Å². The molecule has 182 valence electrons. The zero-order chi connectivity index (χ0) is 24.8. The number of aryl methyl sites for hydroxylation is 2. The Labute approximate surface area is 205 Å². The number of carbonyl (C=O) groups excluding carboxylic acids is 3. The second-order valence-electron chi connectivity index (χ2n) is 9.02. The van der Waals surface area contributed by atoms with E-state index < -0.39 is 17.9 Å². The fraction of sp³-hybridized carbons (Fsp3) is 0.321. The van der Waals surface area contributed by atoms with Crippen molar-refractivity contribution in [2.75, 3.05) is 11.4 Å². The second kappa shape index (κ2) is 11.0. The Morgan fingerprint density at radius 3 is 2.43 bits per heavy atom. The molecule has 35 heavy (non-hydrogen) atoms. The Bertz CT molecular complexity index is 1170. The van der Waals surface area contributed by atoms with Gasteiger partial charge in [-0.3, -0.25) is 19.3 Å². The molecule has 2 aromatic carbocycles. The SMILES string of the molecule is Cc1ccc(C)c(N(C(=O)CNC(=O)c2ccco2)[C@H](C(=O)NC2CCCC2)c2ccccc2)c1. The third kappa shape index (κ3) is 5.80. The number of amides is 3. The lowest BCUT2D eigenvalue weighted by atomic mass is 10.0. The van der Waals surface area contributed by atoms with Gasteiger partial charge in [0.25, 0.3) is 5.91 Å². The van der Waals surface area contributed by atoms with E-state index in [4.69, 9.17) is 4.42 Å². The highest BCUT2D eigenvalue weighted by Crippen LogP contribution is 2.32. The maximum atomic E-state index is 13.7. The topological polar surface area (TPSA) is 91.7 Å². The first kappa shape index (κ1) is 24.3. The quantitative estimate of drug-likeness (QED) is 0.505. The van der Waals surface area contributed by atoms with Gasteiger partial charge >= 0.3 is 0 Å². The first-order chi connectivity index (χ1) is 16.9. The summed E-state index contributed by atoms with van der Waals surface area (Å²) >= 11 is 0. The summed E-state index contributed by atoms with van der Waals surface area (Å²) in [6.45, 7) is 3.57. The van der Waals surface area contributed by atoms with Gasteiger partial charge in [-0.15, -0.1) is 0 Å². The number of benzene rings is 2. The van der Waals surface area contributed by atoms with Gasteiger partial charge < -0.3 is 15.1 Å². The lowest BCUT2D eigenvalue weighted by molar-refractivity contribution is -0.126. The molecule has 2 N–H and O–H groups in total. The molecule has 1 aliphatic carbocycles. The summed E-state index contributed by atoms with van der Waals surface area (Å²) in [6, 6.07) is 17.5. The van der Waals surface area contributed by atoms with Crippen LogP contribution in [0, 0.1) is 13.8 Å². The zero-order valence-electron chi connectivity index (χ0n) is 20.1. The number of furan rings is 1. The van der Waals surface area contributed by atoms with E-state index in [9.17, 15) is 14.4 Å². The van der Waals surface area contributed by atoms with E-state index in [0.717, 1.165) is 36.8 Å². The Kier molecular flexibility index (Phi) is 7.65. The molecule has 0 bridgehead atoms. The van der Waals surface area contributed by atoms with Crippen LogP contribution >= 0.6 is 0 Å². The molecule has 7 nitrogen and oxygen atoms in total. The Balaban J connectivity index is 1.70. The van der Waals surface area contributed by atoms with Gasteiger partial charge in [0.15, 0.2) is 5.76 Å². The smallest absolute Gasteiger partial charge is 0.287 e. The molecule has 1 heterocycles. The molecule has 4 rings (SSSR count). The molecule has 0 spiro atoms. The Morgan fingerprint density at radius 2 is 1.74 bits per heavy atom. The summed E-state index contributed by atoms with van der Waals surface area (Å²) in [5.74, 6) is -0.991. The molecular formula is C28H31N3O4. The average Bonchev–Trinajstić information content (AvgIpc) is 3.57. The van der Waals surface area contributed by atoms with Gasteiger partial charge in [0.1, 0.15) is 6.04 Å². The number of nitrogens with one attached hydrogen (secondary N) is 2. The summed E-state index contributed by atoms with van der Waals surface area (Å²) < 4.78 is 5.14. The third-order valence-corrected chi connectivity index (χ3v) is 6.36. The van der Waals surface area contributed by atoms with Gasteiger partial charge in [-0.05, 0) is 61.6 Å². The minimum absolute atomic E-state index is 0.0999. The average molecular weight is 474 g/mol. The van der Waals surface area contributed by atoms with Crippen molar-refractivity contribution in [3.63, 3.8) is 0 Å². The molecule has 1 saturated carbocycles. The van der Waals surface area contributed by atoms with Gasteiger partial charge in [0.05, 0.1) is 12.8 Å². The van der Waals surface area contributed by atoms with E-state index in [-0.39, 0.29) is 24.3 Å². The number of carbonyl (C=O) groups is 3. The number of hydrogen-bond donors (Lipinski definition) is 2. The number of anilines is 1. The fourth-order valence-corrected chi connectivity index (χ4v) is 4.54. The summed E-state index contributed by atoms with van der Waals surface area (Å²) in [6.07, 6.45) is 5.43. The number of nitrogens with zero attached hydrogens (tertiary/aromatic N) is 1. The maximum absolute atomic E-state index is 13.7. The normalized spacial score (nSPS) is 14.3. The molecule has 0 aliphatic heterocycles. The highest BCUT2D eigenvalue weighted by molar-refractivity contribution is 6.04. The van der Waals surface area contributed by atoms with E-state index in [2.05, 4.69) is 10.6 Å². The van der Waals surface area contributed by atoms with Crippen molar-refractivity contribution in [1.82, 2.24) is 10.6 Å². The lowest BCUT2D eigenvalue weighted by Gasteiger charge is -2.33. The minimum atomic E-state index is -0.884. The van der Waals surface area contributed by atoms with Crippen molar-refractivity contribution in [3.8, 4) is 0 Å². The largest absolute Gasteiger partial charge is 0.459 e. The van der Waals surface area contributed by atoms with Crippen molar-refractivity contribution in [1.29, 1.82) is 0 Å². The molecule has 3 amide bonds. The third-order valence-electron chi connectivity index (χ3n) is 6.36. The van der Waals surface area contributed by atoms with Gasteiger partial charge in [0, 0.05) is 11.7 Å².